The van der Waals surface area contributed by atoms with Crippen LogP contribution in [0.5, 0.6) is 0 Å². The van der Waals surface area contributed by atoms with Crippen molar-refractivity contribution >= 4 is 33.8 Å². The molecule has 0 aromatic heterocycles. The fourth-order valence-electron chi connectivity index (χ4n) is 3.16. The lowest BCUT2D eigenvalue weighted by molar-refractivity contribution is -0.0122. The first-order chi connectivity index (χ1) is 12.6. The van der Waals surface area contributed by atoms with Gasteiger partial charge in [0.1, 0.15) is 17.1 Å². The largest absolute Gasteiger partial charge is 0.444 e. The van der Waals surface area contributed by atoms with Crippen LogP contribution in [0.3, 0.4) is 0 Å². The SMILES string of the molecule is CC(C)(C)OC(=O)N1CCC2(CC1)OC(=O)NN=C2c1ccc(F)cc1Br. The smallest absolute Gasteiger partial charge is 0.428 e. The summed E-state index contributed by atoms with van der Waals surface area (Å²) in [6.45, 7) is 6.12. The quantitative estimate of drug-likeness (QED) is 0.718. The van der Waals surface area contributed by atoms with Gasteiger partial charge < -0.3 is 14.4 Å². The van der Waals surface area contributed by atoms with Crippen LogP contribution < -0.4 is 5.43 Å². The van der Waals surface area contributed by atoms with Crippen LogP contribution in [0.15, 0.2) is 27.8 Å². The molecule has 2 heterocycles. The summed E-state index contributed by atoms with van der Waals surface area (Å²) in [6.07, 6.45) is -0.327. The number of hydrogen-bond acceptors (Lipinski definition) is 5. The molecular formula is C18H21BrFN3O4. The fourth-order valence-corrected chi connectivity index (χ4v) is 3.69. The van der Waals surface area contributed by atoms with E-state index in [4.69, 9.17) is 9.47 Å². The van der Waals surface area contributed by atoms with Crippen LogP contribution >= 0.6 is 15.9 Å². The summed E-state index contributed by atoms with van der Waals surface area (Å²) in [7, 11) is 0. The standard InChI is InChI=1S/C18H21BrFN3O4/c1-17(2,3)27-16(25)23-8-6-18(7-9-23)14(21-22-15(24)26-18)12-5-4-11(20)10-13(12)19/h4-5,10H,6-9H2,1-3H3,(H,22,24). The molecule has 0 atom stereocenters. The van der Waals surface area contributed by atoms with Gasteiger partial charge in [-0.2, -0.15) is 5.10 Å². The van der Waals surface area contributed by atoms with Gasteiger partial charge in [0.05, 0.1) is 0 Å². The molecule has 1 N–H and O–H groups in total. The Labute approximate surface area is 165 Å². The Hall–Kier alpha value is -2.16. The zero-order chi connectivity index (χ0) is 19.8. The van der Waals surface area contributed by atoms with Gasteiger partial charge in [-0.3, -0.25) is 0 Å². The average Bonchev–Trinajstić information content (AvgIpc) is 2.55. The molecule has 3 rings (SSSR count). The van der Waals surface area contributed by atoms with E-state index < -0.39 is 23.4 Å². The fraction of sp³-hybridized carbons (Fsp3) is 0.500. The molecule has 0 unspecified atom stereocenters. The van der Waals surface area contributed by atoms with Crippen LogP contribution in [-0.2, 0) is 9.47 Å². The summed E-state index contributed by atoms with van der Waals surface area (Å²) >= 11 is 3.34. The molecule has 9 heteroatoms. The minimum absolute atomic E-state index is 0.347. The molecule has 0 bridgehead atoms. The maximum atomic E-state index is 13.5. The molecule has 1 aromatic carbocycles. The van der Waals surface area contributed by atoms with Crippen molar-refractivity contribution in [3.05, 3.63) is 34.1 Å². The topological polar surface area (TPSA) is 80.2 Å². The Balaban J connectivity index is 1.83. The second-order valence-corrected chi connectivity index (χ2v) is 8.40. The molecule has 1 spiro atoms. The van der Waals surface area contributed by atoms with Gasteiger partial charge in [-0.05, 0) is 39.0 Å². The number of rotatable bonds is 1. The molecule has 0 radical (unpaired) electrons. The molecule has 2 aliphatic heterocycles. The van der Waals surface area contributed by atoms with Crippen molar-refractivity contribution in [2.24, 2.45) is 5.10 Å². The Morgan fingerprint density at radius 1 is 1.37 bits per heavy atom. The highest BCUT2D eigenvalue weighted by atomic mass is 79.9. The number of halogens is 2. The number of ether oxygens (including phenoxy) is 2. The first kappa shape index (κ1) is 19.6. The second kappa shape index (κ2) is 7.10. The zero-order valence-electron chi connectivity index (χ0n) is 15.3. The van der Waals surface area contributed by atoms with Crippen LogP contribution in [-0.4, -0.2) is 47.1 Å². The van der Waals surface area contributed by atoms with Crippen molar-refractivity contribution in [2.75, 3.05) is 13.1 Å². The number of benzene rings is 1. The predicted octanol–water partition coefficient (Wildman–Crippen LogP) is 3.80. The third-order valence-corrected chi connectivity index (χ3v) is 5.04. The number of likely N-dealkylation sites (tertiary alicyclic amines) is 1. The van der Waals surface area contributed by atoms with E-state index in [-0.39, 0.29) is 5.82 Å². The Kier molecular flexibility index (Phi) is 5.16. The van der Waals surface area contributed by atoms with Crippen LogP contribution in [0, 0.1) is 5.82 Å². The van der Waals surface area contributed by atoms with Crippen LogP contribution in [0.4, 0.5) is 14.0 Å². The lowest BCUT2D eigenvalue weighted by Gasteiger charge is -2.43. The number of amides is 2. The van der Waals surface area contributed by atoms with E-state index in [2.05, 4.69) is 26.5 Å². The maximum absolute atomic E-state index is 13.5. The van der Waals surface area contributed by atoms with Crippen LogP contribution in [0.1, 0.15) is 39.2 Å². The first-order valence-corrected chi connectivity index (χ1v) is 9.39. The minimum Gasteiger partial charge on any atom is -0.444 e. The molecular weight excluding hydrogens is 421 g/mol. The molecule has 2 aliphatic rings. The first-order valence-electron chi connectivity index (χ1n) is 8.60. The van der Waals surface area contributed by atoms with Gasteiger partial charge in [0.15, 0.2) is 5.60 Å². The molecule has 1 saturated heterocycles. The van der Waals surface area contributed by atoms with E-state index in [1.165, 1.54) is 12.1 Å². The lowest BCUT2D eigenvalue weighted by Crippen LogP contribution is -2.57. The highest BCUT2D eigenvalue weighted by Gasteiger charge is 2.47. The number of carbonyl (C=O) groups excluding carboxylic acids is 2. The maximum Gasteiger partial charge on any atom is 0.428 e. The van der Waals surface area contributed by atoms with Crippen molar-refractivity contribution in [1.29, 1.82) is 0 Å². The normalized spacial score (nSPS) is 19.2. The van der Waals surface area contributed by atoms with Crippen molar-refractivity contribution in [3.8, 4) is 0 Å². The monoisotopic (exact) mass is 441 g/mol. The van der Waals surface area contributed by atoms with Crippen LogP contribution in [0.25, 0.3) is 0 Å². The third-order valence-electron chi connectivity index (χ3n) is 4.39. The van der Waals surface area contributed by atoms with Crippen molar-refractivity contribution < 1.29 is 23.5 Å². The van der Waals surface area contributed by atoms with Gasteiger partial charge in [0.25, 0.3) is 0 Å². The number of piperidine rings is 1. The minimum atomic E-state index is -0.985. The van der Waals surface area contributed by atoms with Gasteiger partial charge in [0, 0.05) is 36.0 Å². The molecule has 1 aromatic rings. The lowest BCUT2D eigenvalue weighted by atomic mass is 9.82. The van der Waals surface area contributed by atoms with Crippen molar-refractivity contribution in [1.82, 2.24) is 10.3 Å². The molecule has 146 valence electrons. The Bertz CT molecular complexity index is 798. The highest BCUT2D eigenvalue weighted by molar-refractivity contribution is 9.10. The molecule has 27 heavy (non-hydrogen) atoms. The van der Waals surface area contributed by atoms with Gasteiger partial charge in [-0.25, -0.2) is 19.4 Å². The average molecular weight is 442 g/mol. The summed E-state index contributed by atoms with van der Waals surface area (Å²) in [6, 6.07) is 4.24. The Morgan fingerprint density at radius 3 is 2.63 bits per heavy atom. The molecule has 0 aliphatic carbocycles. The van der Waals surface area contributed by atoms with Gasteiger partial charge in [-0.15, -0.1) is 0 Å². The number of carbonyl (C=O) groups is 2. The van der Waals surface area contributed by atoms with E-state index >= 15 is 0 Å². The number of nitrogens with zero attached hydrogens (tertiary/aromatic N) is 2. The number of hydrazone groups is 1. The zero-order valence-corrected chi connectivity index (χ0v) is 16.9. The second-order valence-electron chi connectivity index (χ2n) is 7.55. The highest BCUT2D eigenvalue weighted by Crippen LogP contribution is 2.35. The number of nitrogens with one attached hydrogen (secondary N) is 1. The summed E-state index contributed by atoms with van der Waals surface area (Å²) in [5, 5.41) is 4.18. The third kappa shape index (κ3) is 4.23. The molecule has 2 amide bonds. The predicted molar refractivity (Wildman–Crippen MR) is 100 cm³/mol. The van der Waals surface area contributed by atoms with Gasteiger partial charge in [0.2, 0.25) is 0 Å². The van der Waals surface area contributed by atoms with Crippen LogP contribution in [0.2, 0.25) is 0 Å². The Morgan fingerprint density at radius 2 is 2.04 bits per heavy atom. The summed E-state index contributed by atoms with van der Waals surface area (Å²) in [5.74, 6) is -0.388. The van der Waals surface area contributed by atoms with E-state index in [1.807, 2.05) is 20.8 Å². The molecule has 0 saturated carbocycles. The van der Waals surface area contributed by atoms with E-state index in [0.29, 0.717) is 41.7 Å². The van der Waals surface area contributed by atoms with E-state index in [0.717, 1.165) is 0 Å². The molecule has 1 fully saturated rings. The van der Waals surface area contributed by atoms with Gasteiger partial charge in [-0.1, -0.05) is 15.9 Å². The van der Waals surface area contributed by atoms with Crippen molar-refractivity contribution in [2.45, 2.75) is 44.8 Å². The summed E-state index contributed by atoms with van der Waals surface area (Å²) in [4.78, 5) is 25.7. The summed E-state index contributed by atoms with van der Waals surface area (Å²) < 4.78 is 25.0. The number of hydrogen-bond donors (Lipinski definition) is 1. The van der Waals surface area contributed by atoms with Crippen molar-refractivity contribution in [3.63, 3.8) is 0 Å². The van der Waals surface area contributed by atoms with Gasteiger partial charge >= 0.3 is 12.2 Å². The van der Waals surface area contributed by atoms with E-state index in [9.17, 15) is 14.0 Å². The summed E-state index contributed by atoms with van der Waals surface area (Å²) in [5.41, 5.74) is 1.87. The molecule has 7 nitrogen and oxygen atoms in total. The van der Waals surface area contributed by atoms with E-state index in [1.54, 1.807) is 11.0 Å².